The molecule has 0 radical (unpaired) electrons. The van der Waals surface area contributed by atoms with Gasteiger partial charge in [0.1, 0.15) is 10.8 Å². The molecule has 0 N–H and O–H groups in total. The van der Waals surface area contributed by atoms with Crippen molar-refractivity contribution in [3.05, 3.63) is 209 Å². The maximum atomic E-state index is 3.93. The molecule has 0 atom stereocenters. The lowest BCUT2D eigenvalue weighted by molar-refractivity contribution is 0.556. The van der Waals surface area contributed by atoms with Crippen LogP contribution < -0.4 is 0 Å². The van der Waals surface area contributed by atoms with Gasteiger partial charge in [0.25, 0.3) is 0 Å². The Bertz CT molecular complexity index is 5370. The van der Waals surface area contributed by atoms with Crippen LogP contribution in [-0.2, 0) is 75.8 Å². The van der Waals surface area contributed by atoms with E-state index in [0.29, 0.717) is 0 Å². The van der Waals surface area contributed by atoms with E-state index in [2.05, 4.69) is 572 Å². The molecule has 0 nitrogen and oxygen atoms in total. The molecule has 122 heavy (non-hydrogen) atoms. The molecule has 614 valence electrons. The summed E-state index contributed by atoms with van der Waals surface area (Å²) in [6.07, 6.45) is 0. The first-order chi connectivity index (χ1) is 56.1. The average Bonchev–Trinajstić information content (AvgIpc) is 0.728. The van der Waals surface area contributed by atoms with Crippen LogP contribution in [0.25, 0.3) is 0 Å². The summed E-state index contributed by atoms with van der Waals surface area (Å²) in [5, 5.41) is 0. The van der Waals surface area contributed by atoms with Crippen LogP contribution in [0.15, 0.2) is 109 Å². The fraction of sp³-hybridized carbons (Fsp3) is 0.410. The van der Waals surface area contributed by atoms with E-state index in [1.807, 2.05) is 0 Å². The molecule has 6 rings (SSSR count). The van der Waals surface area contributed by atoms with Crippen molar-refractivity contribution in [2.45, 2.75) is 325 Å². The highest BCUT2D eigenvalue weighted by atomic mass is 14.4. The van der Waals surface area contributed by atoms with Gasteiger partial charge in [0.05, 0.1) is 0 Å². The van der Waals surface area contributed by atoms with E-state index >= 15 is 0 Å². The molecule has 0 aromatic heterocycles. The second kappa shape index (κ2) is 38.9. The summed E-state index contributed by atoms with van der Waals surface area (Å²) < 4.78 is 0. The van der Waals surface area contributed by atoms with Crippen LogP contribution in [0, 0.1) is 213 Å². The van der Waals surface area contributed by atoms with Gasteiger partial charge in [-0.3, -0.25) is 0 Å². The molecule has 0 aliphatic heterocycles. The highest BCUT2D eigenvalue weighted by Gasteiger charge is 2.43. The molecular formula is C122H126. The number of hydrogen-bond donors (Lipinski definition) is 0. The Morgan fingerprint density at radius 2 is 0.164 bits per heavy atom. The van der Waals surface area contributed by atoms with Gasteiger partial charge in [-0.25, -0.2) is 0 Å². The first kappa shape index (κ1) is 98.2. The Kier molecular flexibility index (Phi) is 31.3. The van der Waals surface area contributed by atoms with Gasteiger partial charge in [-0.1, -0.05) is 370 Å². The quantitative estimate of drug-likeness (QED) is 0.115. The lowest BCUT2D eigenvalue weighted by Crippen LogP contribution is -2.32. The van der Waals surface area contributed by atoms with E-state index < -0.39 is 10.8 Å². The van der Waals surface area contributed by atoms with Crippen molar-refractivity contribution in [1.82, 2.24) is 0 Å². The lowest BCUT2D eigenvalue weighted by Gasteiger charge is -2.38. The molecule has 0 heterocycles. The van der Waals surface area contributed by atoms with Crippen molar-refractivity contribution >= 4 is 0 Å². The summed E-state index contributed by atoms with van der Waals surface area (Å²) in [6.45, 7) is 82.5. The van der Waals surface area contributed by atoms with E-state index in [0.717, 1.165) is 33.4 Å². The summed E-state index contributed by atoms with van der Waals surface area (Å²) in [4.78, 5) is 0. The van der Waals surface area contributed by atoms with Gasteiger partial charge in [-0.05, 0) is 260 Å². The van der Waals surface area contributed by atoms with Crippen molar-refractivity contribution in [2.75, 3.05) is 0 Å². The minimum Gasteiger partial charge on any atom is -0.0677 e. The minimum absolute atomic E-state index is 0.155. The highest BCUT2D eigenvalue weighted by Crippen LogP contribution is 2.50. The molecule has 0 aliphatic rings. The van der Waals surface area contributed by atoms with Crippen molar-refractivity contribution < 1.29 is 0 Å². The summed E-state index contributed by atoms with van der Waals surface area (Å²) in [7, 11) is 0. The standard InChI is InChI=1S/C122H126/c1-109(2,3)91-73-92(110(4,5)6)80-103(79-91)121(104-81-93(111(7,8)9)74-94(82-104)112(10,11)12,105-83-95(113(13,14)15)75-96(84-105)114(16,17)18)71-69-67-65-63-61-59-57-55-53-51-49-47-45-43-41-39-37-38-40-42-44-46-48-50-52-54-56-58-60-62-64-66-68-70-72-122(106-85-97(115(19,20)21)76-98(86-106)116(22,23)24,107-87-99(117(25,26)27)77-100(88-107)118(28,29)30)108-89-101(119(31,32)33)78-102(90-108)120(34,35)36/h73-90H,1-36H3. The van der Waals surface area contributed by atoms with Crippen molar-refractivity contribution in [3.63, 3.8) is 0 Å². The molecule has 0 unspecified atom stereocenters. The van der Waals surface area contributed by atoms with E-state index in [-0.39, 0.29) is 65.0 Å². The smallest absolute Gasteiger partial charge is 0.0677 e. The van der Waals surface area contributed by atoms with E-state index in [1.165, 1.54) is 66.8 Å². The Hall–Kier alpha value is -12.6. The van der Waals surface area contributed by atoms with Crippen LogP contribution in [0.3, 0.4) is 0 Å². The molecule has 0 fully saturated rings. The van der Waals surface area contributed by atoms with Crippen LogP contribution in [0.2, 0.25) is 0 Å². The summed E-state index contributed by atoms with van der Waals surface area (Å²) in [5.74, 6) is 102. The summed E-state index contributed by atoms with van der Waals surface area (Å²) >= 11 is 0. The Morgan fingerprint density at radius 3 is 0.238 bits per heavy atom. The number of rotatable bonds is 6. The minimum atomic E-state index is -0.970. The second-order valence-corrected chi connectivity index (χ2v) is 43.8. The zero-order valence-electron chi connectivity index (χ0n) is 80.4. The van der Waals surface area contributed by atoms with Gasteiger partial charge >= 0.3 is 0 Å². The topological polar surface area (TPSA) is 0 Å². The molecule has 6 aromatic carbocycles. The van der Waals surface area contributed by atoms with Crippen molar-refractivity contribution in [2.24, 2.45) is 0 Å². The molecule has 0 bridgehead atoms. The maximum absolute atomic E-state index is 3.93. The first-order valence-corrected chi connectivity index (χ1v) is 42.1. The third-order valence-corrected chi connectivity index (χ3v) is 21.2. The van der Waals surface area contributed by atoms with Gasteiger partial charge in [0, 0.05) is 107 Å². The largest absolute Gasteiger partial charge is 0.107 e. The zero-order chi connectivity index (χ0) is 91.6. The molecule has 0 heteroatoms. The van der Waals surface area contributed by atoms with Crippen LogP contribution >= 0.6 is 0 Å². The Balaban J connectivity index is 1.20. The number of hydrogen-bond acceptors (Lipinski definition) is 0. The monoisotopic (exact) mass is 1590 g/mol. The van der Waals surface area contributed by atoms with Crippen LogP contribution in [0.4, 0.5) is 0 Å². The second-order valence-electron chi connectivity index (χ2n) is 43.8. The fourth-order valence-electron chi connectivity index (χ4n) is 12.9. The molecule has 0 saturated carbocycles. The molecule has 6 aromatic rings. The predicted octanol–water partition coefficient (Wildman–Crippen LogP) is 24.7. The number of benzene rings is 6. The van der Waals surface area contributed by atoms with Gasteiger partial charge in [0.2, 0.25) is 0 Å². The third-order valence-electron chi connectivity index (χ3n) is 21.2. The summed E-state index contributed by atoms with van der Waals surface area (Å²) in [6, 6.07) is 43.1. The average molecular weight is 1590 g/mol. The zero-order valence-corrected chi connectivity index (χ0v) is 80.4. The maximum Gasteiger partial charge on any atom is 0.107 e. The van der Waals surface area contributed by atoms with E-state index in [4.69, 9.17) is 0 Å². The molecular weight excluding hydrogens is 1470 g/mol. The van der Waals surface area contributed by atoms with Gasteiger partial charge < -0.3 is 0 Å². The van der Waals surface area contributed by atoms with Gasteiger partial charge in [-0.15, -0.1) is 0 Å². The predicted molar refractivity (Wildman–Crippen MR) is 523 cm³/mol. The lowest BCUT2D eigenvalue weighted by atomic mass is 9.64. The molecule has 0 saturated heterocycles. The van der Waals surface area contributed by atoms with E-state index in [1.54, 1.807) is 0 Å². The fourth-order valence-corrected chi connectivity index (χ4v) is 12.9. The normalized spacial score (nSPS) is 11.4. The Morgan fingerprint density at radius 1 is 0.0984 bits per heavy atom. The Labute approximate surface area is 742 Å². The van der Waals surface area contributed by atoms with Gasteiger partial charge in [0.15, 0.2) is 0 Å². The van der Waals surface area contributed by atoms with Crippen LogP contribution in [0.5, 0.6) is 0 Å². The van der Waals surface area contributed by atoms with Crippen molar-refractivity contribution in [1.29, 1.82) is 0 Å². The van der Waals surface area contributed by atoms with Crippen molar-refractivity contribution in [3.8, 4) is 213 Å². The third kappa shape index (κ3) is 28.0. The van der Waals surface area contributed by atoms with Gasteiger partial charge in [-0.2, -0.15) is 0 Å². The SMILES string of the molecule is CC(C)(C)c1cc(C(C)(C)C)cc(C(C#CC#CC#CC#CC#CC#CC#CC#CC#CC#CC#CC#CC#CC#CC#CC#CC#CC#CC(c2cc(C(C)(C)C)cc(C(C)(C)C)c2)(c2cc(C(C)(C)C)cc(C(C)(C)C)c2)c2cc(C(C)(C)C)cc(C(C)(C)C)c2)(c2cc(C(C)(C)C)cc(C(C)(C)C)c2)c2cc(C(C)(C)C)cc(C(C)(C)C)c2)c1. The highest BCUT2D eigenvalue weighted by molar-refractivity contribution is 5.68. The molecule has 0 aliphatic carbocycles. The van der Waals surface area contributed by atoms with E-state index in [9.17, 15) is 0 Å². The van der Waals surface area contributed by atoms with Crippen LogP contribution in [0.1, 0.15) is 349 Å². The first-order valence-electron chi connectivity index (χ1n) is 42.1. The van der Waals surface area contributed by atoms with Crippen LogP contribution in [-0.4, -0.2) is 0 Å². The molecule has 0 spiro atoms. The molecule has 0 amide bonds. The summed E-state index contributed by atoms with van der Waals surface area (Å²) in [5.41, 5.74) is 17.8.